The van der Waals surface area contributed by atoms with Crippen LogP contribution in [0.25, 0.3) is 0 Å². The first-order valence-electron chi connectivity index (χ1n) is 9.54. The van der Waals surface area contributed by atoms with E-state index in [1.165, 1.54) is 18.1 Å². The van der Waals surface area contributed by atoms with E-state index in [0.717, 1.165) is 12.1 Å². The van der Waals surface area contributed by atoms with Crippen LogP contribution in [0.15, 0.2) is 67.0 Å². The van der Waals surface area contributed by atoms with E-state index >= 15 is 0 Å². The third-order valence-corrected chi connectivity index (χ3v) is 4.87. The lowest BCUT2D eigenvalue weighted by Crippen LogP contribution is -2.36. The third kappa shape index (κ3) is 4.43. The Labute approximate surface area is 169 Å². The second-order valence-electron chi connectivity index (χ2n) is 7.09. The van der Waals surface area contributed by atoms with Gasteiger partial charge in [0.05, 0.1) is 17.4 Å². The summed E-state index contributed by atoms with van der Waals surface area (Å²) >= 11 is 0. The van der Waals surface area contributed by atoms with Crippen molar-refractivity contribution >= 4 is 28.9 Å². The fraction of sp³-hybridized carbons (Fsp3) is 0.174. The molecule has 0 bridgehead atoms. The lowest BCUT2D eigenvalue weighted by atomic mass is 9.99. The van der Waals surface area contributed by atoms with E-state index in [2.05, 4.69) is 27.8 Å². The van der Waals surface area contributed by atoms with Gasteiger partial charge in [-0.15, -0.1) is 0 Å². The highest BCUT2D eigenvalue weighted by Gasteiger charge is 2.22. The van der Waals surface area contributed by atoms with E-state index in [4.69, 9.17) is 0 Å². The Bertz CT molecular complexity index is 1060. The first-order chi connectivity index (χ1) is 14.1. The van der Waals surface area contributed by atoms with Crippen LogP contribution in [0.2, 0.25) is 0 Å². The summed E-state index contributed by atoms with van der Waals surface area (Å²) in [5, 5.41) is 6.00. The Hall–Kier alpha value is -3.67. The van der Waals surface area contributed by atoms with Gasteiger partial charge in [0.25, 0.3) is 5.91 Å². The zero-order chi connectivity index (χ0) is 20.2. The highest BCUT2D eigenvalue weighted by Crippen LogP contribution is 2.23. The quantitative estimate of drug-likeness (QED) is 0.711. The molecule has 2 amide bonds. The highest BCUT2D eigenvalue weighted by molar-refractivity contribution is 5.95. The molecule has 0 radical (unpaired) electrons. The number of amides is 2. The maximum atomic E-state index is 13.0. The number of benzene rings is 2. The van der Waals surface area contributed by atoms with Crippen molar-refractivity contribution in [1.82, 2.24) is 9.88 Å². The van der Waals surface area contributed by atoms with Crippen LogP contribution in [-0.2, 0) is 17.8 Å². The van der Waals surface area contributed by atoms with Crippen LogP contribution >= 0.6 is 0 Å². The Morgan fingerprint density at radius 2 is 1.72 bits per heavy atom. The van der Waals surface area contributed by atoms with Gasteiger partial charge in [-0.05, 0) is 41.8 Å². The number of carbonyl (C=O) groups excluding carboxylic acids is 2. The summed E-state index contributed by atoms with van der Waals surface area (Å²) in [6.07, 6.45) is 4.14. The minimum atomic E-state index is -0.125. The predicted molar refractivity (Wildman–Crippen MR) is 113 cm³/mol. The van der Waals surface area contributed by atoms with Crippen molar-refractivity contribution < 1.29 is 9.59 Å². The Balaban J connectivity index is 1.49. The molecule has 3 aromatic rings. The molecule has 1 aliphatic heterocycles. The first-order valence-corrected chi connectivity index (χ1v) is 9.54. The number of rotatable bonds is 4. The number of nitrogens with zero attached hydrogens (tertiary/aromatic N) is 2. The smallest absolute Gasteiger partial charge is 0.255 e. The summed E-state index contributed by atoms with van der Waals surface area (Å²) in [7, 11) is 0. The SMILES string of the molecule is CC(=O)Nc1cccc(Nc2cncc(C(=O)N3CCc4ccccc4C3)c2)c1. The molecule has 0 atom stereocenters. The zero-order valence-corrected chi connectivity index (χ0v) is 16.2. The molecule has 2 heterocycles. The second kappa shape index (κ2) is 8.14. The predicted octanol–water partition coefficient (Wildman–Crippen LogP) is 3.98. The standard InChI is InChI=1S/C23H22N4O2/c1-16(28)25-20-7-4-8-21(12-20)26-22-11-19(13-24-14-22)23(29)27-10-9-17-5-2-3-6-18(17)15-27/h2-8,11-14,26H,9-10,15H2,1H3,(H,25,28). The molecule has 4 rings (SSSR count). The molecule has 2 N–H and O–H groups in total. The molecule has 0 saturated heterocycles. The Kier molecular flexibility index (Phi) is 5.24. The van der Waals surface area contributed by atoms with Gasteiger partial charge < -0.3 is 15.5 Å². The minimum absolute atomic E-state index is 0.0253. The fourth-order valence-electron chi connectivity index (χ4n) is 3.52. The molecule has 0 spiro atoms. The molecular weight excluding hydrogens is 364 g/mol. The van der Waals surface area contributed by atoms with Gasteiger partial charge in [-0.25, -0.2) is 0 Å². The van der Waals surface area contributed by atoms with E-state index in [-0.39, 0.29) is 11.8 Å². The zero-order valence-electron chi connectivity index (χ0n) is 16.2. The van der Waals surface area contributed by atoms with Gasteiger partial charge in [-0.1, -0.05) is 30.3 Å². The minimum Gasteiger partial charge on any atom is -0.354 e. The van der Waals surface area contributed by atoms with Gasteiger partial charge in [0.1, 0.15) is 0 Å². The van der Waals surface area contributed by atoms with Gasteiger partial charge in [0.2, 0.25) is 5.91 Å². The summed E-state index contributed by atoms with van der Waals surface area (Å²) < 4.78 is 0. The molecule has 146 valence electrons. The highest BCUT2D eigenvalue weighted by atomic mass is 16.2. The topological polar surface area (TPSA) is 74.3 Å². The summed E-state index contributed by atoms with van der Waals surface area (Å²) in [6.45, 7) is 2.79. The molecule has 6 nitrogen and oxygen atoms in total. The second-order valence-corrected chi connectivity index (χ2v) is 7.09. The van der Waals surface area contributed by atoms with Crippen LogP contribution in [0.5, 0.6) is 0 Å². The number of anilines is 3. The van der Waals surface area contributed by atoms with Crippen molar-refractivity contribution in [2.24, 2.45) is 0 Å². The van der Waals surface area contributed by atoms with Gasteiger partial charge in [0, 0.05) is 37.6 Å². The molecule has 0 unspecified atom stereocenters. The van der Waals surface area contributed by atoms with E-state index in [9.17, 15) is 9.59 Å². The summed E-state index contributed by atoms with van der Waals surface area (Å²) in [4.78, 5) is 30.3. The van der Waals surface area contributed by atoms with Crippen molar-refractivity contribution in [2.75, 3.05) is 17.2 Å². The van der Waals surface area contributed by atoms with Gasteiger partial charge in [0.15, 0.2) is 0 Å². The third-order valence-electron chi connectivity index (χ3n) is 4.87. The van der Waals surface area contributed by atoms with Crippen molar-refractivity contribution in [3.8, 4) is 0 Å². The molecule has 6 heteroatoms. The number of hydrogen-bond acceptors (Lipinski definition) is 4. The van der Waals surface area contributed by atoms with Crippen LogP contribution in [0, 0.1) is 0 Å². The number of pyridine rings is 1. The van der Waals surface area contributed by atoms with E-state index in [1.54, 1.807) is 18.5 Å². The van der Waals surface area contributed by atoms with Crippen molar-refractivity contribution in [2.45, 2.75) is 19.9 Å². The van der Waals surface area contributed by atoms with Crippen LogP contribution in [-0.4, -0.2) is 28.2 Å². The lowest BCUT2D eigenvalue weighted by Gasteiger charge is -2.29. The monoisotopic (exact) mass is 386 g/mol. The lowest BCUT2D eigenvalue weighted by molar-refractivity contribution is -0.114. The van der Waals surface area contributed by atoms with Gasteiger partial charge in [-0.2, -0.15) is 0 Å². The Morgan fingerprint density at radius 1 is 0.931 bits per heavy atom. The van der Waals surface area contributed by atoms with E-state index < -0.39 is 0 Å². The van der Waals surface area contributed by atoms with Gasteiger partial charge >= 0.3 is 0 Å². The molecular formula is C23H22N4O2. The molecule has 0 saturated carbocycles. The number of fused-ring (bicyclic) bond motifs is 1. The summed E-state index contributed by atoms with van der Waals surface area (Å²) in [5.41, 5.74) is 5.28. The normalized spacial score (nSPS) is 12.8. The molecule has 1 aromatic heterocycles. The maximum Gasteiger partial charge on any atom is 0.255 e. The fourth-order valence-corrected chi connectivity index (χ4v) is 3.52. The molecule has 29 heavy (non-hydrogen) atoms. The largest absolute Gasteiger partial charge is 0.354 e. The molecule has 2 aromatic carbocycles. The average molecular weight is 386 g/mol. The number of aromatic nitrogens is 1. The number of hydrogen-bond donors (Lipinski definition) is 2. The number of carbonyl (C=O) groups is 2. The average Bonchev–Trinajstić information content (AvgIpc) is 2.73. The summed E-state index contributed by atoms with van der Waals surface area (Å²) in [5.74, 6) is -0.151. The van der Waals surface area contributed by atoms with E-state index in [0.29, 0.717) is 30.0 Å². The maximum absolute atomic E-state index is 13.0. The van der Waals surface area contributed by atoms with Crippen LogP contribution in [0.3, 0.4) is 0 Å². The van der Waals surface area contributed by atoms with Crippen LogP contribution < -0.4 is 10.6 Å². The van der Waals surface area contributed by atoms with Crippen molar-refractivity contribution in [3.05, 3.63) is 83.7 Å². The molecule has 1 aliphatic rings. The summed E-state index contributed by atoms with van der Waals surface area (Å²) in [6, 6.07) is 17.4. The van der Waals surface area contributed by atoms with Gasteiger partial charge in [-0.3, -0.25) is 14.6 Å². The first kappa shape index (κ1) is 18.7. The van der Waals surface area contributed by atoms with Crippen molar-refractivity contribution in [1.29, 1.82) is 0 Å². The van der Waals surface area contributed by atoms with Crippen molar-refractivity contribution in [3.63, 3.8) is 0 Å². The van der Waals surface area contributed by atoms with Crippen LogP contribution in [0.1, 0.15) is 28.4 Å². The Morgan fingerprint density at radius 3 is 2.55 bits per heavy atom. The molecule has 0 aliphatic carbocycles. The van der Waals surface area contributed by atoms with E-state index in [1.807, 2.05) is 41.3 Å². The molecule has 0 fully saturated rings. The van der Waals surface area contributed by atoms with Crippen LogP contribution in [0.4, 0.5) is 17.1 Å². The number of nitrogens with one attached hydrogen (secondary N) is 2.